The lowest BCUT2D eigenvalue weighted by Gasteiger charge is -2.31. The van der Waals surface area contributed by atoms with E-state index in [1.54, 1.807) is 26.2 Å². The van der Waals surface area contributed by atoms with Crippen molar-refractivity contribution >= 4 is 11.9 Å². The molecule has 1 saturated carbocycles. The van der Waals surface area contributed by atoms with Crippen LogP contribution in [0.2, 0.25) is 0 Å². The number of hydrogen-bond donors (Lipinski definition) is 2. The van der Waals surface area contributed by atoms with Crippen LogP contribution in [0.4, 0.5) is 0 Å². The number of nitrogens with one attached hydrogen (secondary N) is 2. The van der Waals surface area contributed by atoms with Gasteiger partial charge in [-0.1, -0.05) is 35.6 Å². The van der Waals surface area contributed by atoms with Gasteiger partial charge in [0.25, 0.3) is 0 Å². The van der Waals surface area contributed by atoms with Crippen molar-refractivity contribution in [1.29, 1.82) is 0 Å². The van der Waals surface area contributed by atoms with Gasteiger partial charge in [-0.05, 0) is 31.6 Å². The molecule has 0 heterocycles. The molecule has 1 aliphatic rings. The van der Waals surface area contributed by atoms with Gasteiger partial charge < -0.3 is 20.1 Å². The monoisotopic (exact) mass is 384 g/mol. The van der Waals surface area contributed by atoms with Crippen LogP contribution in [0.25, 0.3) is 0 Å². The average molecular weight is 385 g/mol. The quantitative estimate of drug-likeness (QED) is 0.467. The van der Waals surface area contributed by atoms with E-state index < -0.39 is 0 Å². The Kier molecular flexibility index (Phi) is 13.3. The molecule has 3 atom stereocenters. The van der Waals surface area contributed by atoms with Crippen LogP contribution in [0.5, 0.6) is 0 Å². The molecule has 0 radical (unpaired) electrons. The smallest absolute Gasteiger partial charge is 0.332 e. The highest BCUT2D eigenvalue weighted by Crippen LogP contribution is 2.45. The molecule has 0 aromatic carbocycles. The number of ether oxygens (including phenoxy) is 2. The number of hydrogen-bond acceptors (Lipinski definition) is 6. The van der Waals surface area contributed by atoms with Gasteiger partial charge in [-0.2, -0.15) is 0 Å². The third kappa shape index (κ3) is 8.98. The summed E-state index contributed by atoms with van der Waals surface area (Å²) < 4.78 is 9.75. The van der Waals surface area contributed by atoms with Crippen molar-refractivity contribution in [3.05, 3.63) is 24.6 Å². The normalized spacial score (nSPS) is 23.4. The van der Waals surface area contributed by atoms with Crippen molar-refractivity contribution in [3.8, 4) is 0 Å². The lowest BCUT2D eigenvalue weighted by atomic mass is 9.80. The van der Waals surface area contributed by atoms with Crippen molar-refractivity contribution in [2.45, 2.75) is 61.9 Å². The van der Waals surface area contributed by atoms with Gasteiger partial charge in [-0.25, -0.2) is 9.59 Å². The minimum absolute atomic E-state index is 0. The molecular weight excluding hydrogens is 344 g/mol. The predicted molar refractivity (Wildman–Crippen MR) is 111 cm³/mol. The van der Waals surface area contributed by atoms with Crippen LogP contribution in [-0.4, -0.2) is 37.7 Å². The third-order valence-corrected chi connectivity index (χ3v) is 4.65. The van der Waals surface area contributed by atoms with Crippen molar-refractivity contribution in [2.24, 2.45) is 17.3 Å². The van der Waals surface area contributed by atoms with Gasteiger partial charge in [0.15, 0.2) is 0 Å². The Bertz CT molecular complexity index is 500. The fourth-order valence-electron chi connectivity index (χ4n) is 3.60. The lowest BCUT2D eigenvalue weighted by molar-refractivity contribution is -0.138. The SMILES string of the molecule is C.C.CCOC(=O)/C=C\NCC1C(N/C=C\C(=O)OCC)C(C)CC1(C)C. The first-order valence-electron chi connectivity index (χ1n) is 8.97. The van der Waals surface area contributed by atoms with Crippen LogP contribution in [0.15, 0.2) is 24.6 Å². The molecule has 0 amide bonds. The molecule has 2 N–H and O–H groups in total. The molecule has 0 aliphatic heterocycles. The van der Waals surface area contributed by atoms with E-state index in [1.165, 1.54) is 12.2 Å². The van der Waals surface area contributed by atoms with E-state index in [0.717, 1.165) is 13.0 Å². The molecule has 1 aliphatic carbocycles. The van der Waals surface area contributed by atoms with Gasteiger partial charge in [0, 0.05) is 43.1 Å². The highest BCUT2D eigenvalue weighted by molar-refractivity contribution is 5.82. The zero-order valence-corrected chi connectivity index (χ0v) is 16.0. The van der Waals surface area contributed by atoms with Gasteiger partial charge in [0.05, 0.1) is 13.2 Å². The Hall–Kier alpha value is -1.98. The summed E-state index contributed by atoms with van der Waals surface area (Å²) in [6, 6.07) is 0.240. The second-order valence-electron chi connectivity index (χ2n) is 7.05. The van der Waals surface area contributed by atoms with Crippen molar-refractivity contribution in [3.63, 3.8) is 0 Å². The van der Waals surface area contributed by atoms with Gasteiger partial charge in [-0.3, -0.25) is 0 Å². The van der Waals surface area contributed by atoms with E-state index in [4.69, 9.17) is 9.47 Å². The molecule has 0 bridgehead atoms. The maximum absolute atomic E-state index is 11.4. The Morgan fingerprint density at radius 3 is 2.07 bits per heavy atom. The maximum atomic E-state index is 11.4. The fourth-order valence-corrected chi connectivity index (χ4v) is 3.60. The number of carbonyl (C=O) groups is 2. The van der Waals surface area contributed by atoms with Crippen LogP contribution >= 0.6 is 0 Å². The van der Waals surface area contributed by atoms with E-state index in [1.807, 2.05) is 0 Å². The van der Waals surface area contributed by atoms with Gasteiger partial charge >= 0.3 is 11.9 Å². The number of rotatable bonds is 9. The Morgan fingerprint density at radius 2 is 1.56 bits per heavy atom. The van der Waals surface area contributed by atoms with E-state index in [9.17, 15) is 9.59 Å². The summed E-state index contributed by atoms with van der Waals surface area (Å²) in [6.07, 6.45) is 7.24. The third-order valence-electron chi connectivity index (χ3n) is 4.65. The van der Waals surface area contributed by atoms with E-state index in [-0.39, 0.29) is 38.2 Å². The van der Waals surface area contributed by atoms with E-state index in [2.05, 4.69) is 31.4 Å². The zero-order valence-electron chi connectivity index (χ0n) is 16.0. The molecular formula is C21H40N2O4. The lowest BCUT2D eigenvalue weighted by Crippen LogP contribution is -2.41. The van der Waals surface area contributed by atoms with Crippen molar-refractivity contribution in [2.75, 3.05) is 19.8 Å². The predicted octanol–water partition coefficient (Wildman–Crippen LogP) is 3.64. The van der Waals surface area contributed by atoms with Crippen LogP contribution in [0, 0.1) is 17.3 Å². The Labute approximate surface area is 165 Å². The fraction of sp³-hybridized carbons (Fsp3) is 0.714. The largest absolute Gasteiger partial charge is 0.463 e. The Balaban J connectivity index is 0. The highest BCUT2D eigenvalue weighted by atomic mass is 16.5. The molecule has 0 saturated heterocycles. The maximum Gasteiger partial charge on any atom is 0.332 e. The van der Waals surface area contributed by atoms with Crippen LogP contribution < -0.4 is 10.6 Å². The summed E-state index contributed by atoms with van der Waals surface area (Å²) in [5, 5.41) is 6.56. The Morgan fingerprint density at radius 1 is 1.04 bits per heavy atom. The minimum atomic E-state index is -0.346. The average Bonchev–Trinajstić information content (AvgIpc) is 2.73. The molecule has 27 heavy (non-hydrogen) atoms. The molecule has 0 spiro atoms. The summed E-state index contributed by atoms with van der Waals surface area (Å²) in [4.78, 5) is 22.7. The second kappa shape index (κ2) is 13.2. The van der Waals surface area contributed by atoms with Crippen LogP contribution in [-0.2, 0) is 19.1 Å². The summed E-state index contributed by atoms with van der Waals surface area (Å²) >= 11 is 0. The van der Waals surface area contributed by atoms with Crippen molar-refractivity contribution < 1.29 is 19.1 Å². The first-order valence-corrected chi connectivity index (χ1v) is 8.97. The second-order valence-corrected chi connectivity index (χ2v) is 7.05. The summed E-state index contributed by atoms with van der Waals surface area (Å²) in [5.74, 6) is 0.136. The van der Waals surface area contributed by atoms with E-state index >= 15 is 0 Å². The zero-order chi connectivity index (χ0) is 18.9. The van der Waals surface area contributed by atoms with Crippen molar-refractivity contribution in [1.82, 2.24) is 10.6 Å². The topological polar surface area (TPSA) is 76.7 Å². The standard InChI is InChI=1S/C19H32N2O4.2CH4/c1-6-24-16(22)8-10-20-13-15-18(14(3)12-19(15,4)5)21-11-9-17(23)25-7-2;;/h8-11,14-15,18,20-21H,6-7,12-13H2,1-5H3;2*1H4/b10-8-,11-9-;;. The molecule has 158 valence electrons. The van der Waals surface area contributed by atoms with Gasteiger partial charge in [0.1, 0.15) is 0 Å². The first kappa shape index (κ1) is 27.2. The summed E-state index contributed by atoms with van der Waals surface area (Å²) in [7, 11) is 0. The minimum Gasteiger partial charge on any atom is -0.463 e. The molecule has 1 fully saturated rings. The van der Waals surface area contributed by atoms with E-state index in [0.29, 0.717) is 25.0 Å². The molecule has 6 nitrogen and oxygen atoms in total. The summed E-state index contributed by atoms with van der Waals surface area (Å²) in [6.45, 7) is 11.8. The number of esters is 2. The highest BCUT2D eigenvalue weighted by Gasteiger charge is 2.45. The molecule has 3 unspecified atom stereocenters. The van der Waals surface area contributed by atoms with Crippen LogP contribution in [0.3, 0.4) is 0 Å². The first-order chi connectivity index (χ1) is 11.8. The summed E-state index contributed by atoms with van der Waals surface area (Å²) in [5.41, 5.74) is 0.152. The van der Waals surface area contributed by atoms with Crippen LogP contribution in [0.1, 0.15) is 55.9 Å². The van der Waals surface area contributed by atoms with Gasteiger partial charge in [0.2, 0.25) is 0 Å². The molecule has 0 aromatic heterocycles. The molecule has 6 heteroatoms. The number of carbonyl (C=O) groups excluding carboxylic acids is 2. The molecule has 1 rings (SSSR count). The van der Waals surface area contributed by atoms with Gasteiger partial charge in [-0.15, -0.1) is 0 Å². The molecule has 0 aromatic rings.